The van der Waals surface area contributed by atoms with Gasteiger partial charge in [-0.05, 0) is 86.9 Å². The van der Waals surface area contributed by atoms with E-state index in [0.717, 1.165) is 22.4 Å². The number of benzene rings is 2. The number of carbonyl (C=O) groups excluding carboxylic acids is 2. The van der Waals surface area contributed by atoms with Crippen LogP contribution in [-0.2, 0) is 28.0 Å². The lowest BCUT2D eigenvalue weighted by atomic mass is 9.98. The summed E-state index contributed by atoms with van der Waals surface area (Å²) < 4.78 is 17.1. The van der Waals surface area contributed by atoms with Crippen molar-refractivity contribution in [2.45, 2.75) is 89.7 Å². The maximum Gasteiger partial charge on any atom is 0.410 e. The molecule has 1 aliphatic rings. The highest BCUT2D eigenvalue weighted by Gasteiger charge is 2.54. The highest BCUT2D eigenvalue weighted by molar-refractivity contribution is 5.70. The Hall–Kier alpha value is -4.37. The number of pyridine rings is 1. The zero-order chi connectivity index (χ0) is 33.3. The maximum absolute atomic E-state index is 13.9. The van der Waals surface area contributed by atoms with Gasteiger partial charge in [-0.3, -0.25) is 9.88 Å². The second-order valence-electron chi connectivity index (χ2n) is 13.1. The van der Waals surface area contributed by atoms with E-state index in [9.17, 15) is 14.7 Å². The predicted molar refractivity (Wildman–Crippen MR) is 178 cm³/mol. The molecule has 0 spiro atoms. The molecule has 0 aliphatic heterocycles. The van der Waals surface area contributed by atoms with Gasteiger partial charge in [-0.2, -0.15) is 0 Å². The normalized spacial score (nSPS) is 14.9. The van der Waals surface area contributed by atoms with E-state index in [1.165, 1.54) is 0 Å². The third-order valence-electron chi connectivity index (χ3n) is 7.85. The monoisotopic (exact) mass is 629 g/mol. The van der Waals surface area contributed by atoms with Crippen LogP contribution in [-0.4, -0.2) is 58.1 Å². The standard InChI is InChI=1S/C37H47N3O6/c1-7-20-44-30-15-11-14-28(21-30)22-31(39-34(42)46-36(4,5)6)32(41)24-40(35(43)45-25-27-12-9-8-10-13-27)37(17-18-37)33-23-29(26(2)3)16-19-38-33/h7-16,19,21,23,26,31-32,41H,1,17-18,20,22,24-25H2,2-6H3,(H,39,42). The summed E-state index contributed by atoms with van der Waals surface area (Å²) in [4.78, 5) is 33.1. The number of carbonyl (C=O) groups is 2. The van der Waals surface area contributed by atoms with Crippen LogP contribution in [0.3, 0.4) is 0 Å². The van der Waals surface area contributed by atoms with Crippen LogP contribution >= 0.6 is 0 Å². The Labute approximate surface area is 272 Å². The van der Waals surface area contributed by atoms with Crippen LogP contribution < -0.4 is 10.1 Å². The summed E-state index contributed by atoms with van der Waals surface area (Å²) in [5.41, 5.74) is 2.06. The van der Waals surface area contributed by atoms with Crippen molar-refractivity contribution in [1.82, 2.24) is 15.2 Å². The van der Waals surface area contributed by atoms with Crippen molar-refractivity contribution in [2.24, 2.45) is 0 Å². The Bertz CT molecular complexity index is 1470. The lowest BCUT2D eigenvalue weighted by molar-refractivity contribution is 0.0225. The van der Waals surface area contributed by atoms with Crippen LogP contribution in [0.1, 0.15) is 75.8 Å². The molecule has 4 rings (SSSR count). The topological polar surface area (TPSA) is 110 Å². The zero-order valence-corrected chi connectivity index (χ0v) is 27.6. The lowest BCUT2D eigenvalue weighted by Crippen LogP contribution is -2.53. The number of ether oxygens (including phenoxy) is 3. The number of rotatable bonds is 14. The van der Waals surface area contributed by atoms with Gasteiger partial charge in [0.05, 0.1) is 29.9 Å². The number of alkyl carbamates (subject to hydrolysis) is 1. The van der Waals surface area contributed by atoms with E-state index in [0.29, 0.717) is 25.2 Å². The van der Waals surface area contributed by atoms with E-state index in [2.05, 4.69) is 30.7 Å². The molecule has 0 radical (unpaired) electrons. The highest BCUT2D eigenvalue weighted by Crippen LogP contribution is 2.51. The van der Waals surface area contributed by atoms with Crippen molar-refractivity contribution < 1.29 is 28.9 Å². The van der Waals surface area contributed by atoms with Crippen molar-refractivity contribution in [3.63, 3.8) is 0 Å². The molecule has 1 saturated carbocycles. The minimum Gasteiger partial charge on any atom is -0.490 e. The Morgan fingerprint density at radius 3 is 2.43 bits per heavy atom. The SMILES string of the molecule is C=CCOc1cccc(CC(NC(=O)OC(C)(C)C)C(O)CN(C(=O)OCc2ccccc2)C2(c3cc(C(C)C)ccn3)CC2)c1. The summed E-state index contributed by atoms with van der Waals surface area (Å²) in [6.45, 7) is 13.6. The fourth-order valence-corrected chi connectivity index (χ4v) is 5.29. The number of hydrogen-bond acceptors (Lipinski definition) is 7. The van der Waals surface area contributed by atoms with Crippen molar-refractivity contribution in [3.05, 3.63) is 108 Å². The number of aliphatic hydroxyl groups excluding tert-OH is 1. The molecule has 246 valence electrons. The summed E-state index contributed by atoms with van der Waals surface area (Å²) in [7, 11) is 0. The van der Waals surface area contributed by atoms with Gasteiger partial charge in [-0.15, -0.1) is 0 Å². The first-order valence-electron chi connectivity index (χ1n) is 15.8. The summed E-state index contributed by atoms with van der Waals surface area (Å²) in [5, 5.41) is 14.7. The van der Waals surface area contributed by atoms with Crippen LogP contribution in [0.4, 0.5) is 9.59 Å². The predicted octanol–water partition coefficient (Wildman–Crippen LogP) is 6.89. The summed E-state index contributed by atoms with van der Waals surface area (Å²) in [5.74, 6) is 0.914. The van der Waals surface area contributed by atoms with Crippen LogP contribution in [0.2, 0.25) is 0 Å². The average Bonchev–Trinajstić information content (AvgIpc) is 3.83. The summed E-state index contributed by atoms with van der Waals surface area (Å²) >= 11 is 0. The number of hydrogen-bond donors (Lipinski definition) is 2. The van der Waals surface area contributed by atoms with Crippen molar-refractivity contribution in [2.75, 3.05) is 13.2 Å². The molecule has 0 bridgehead atoms. The van der Waals surface area contributed by atoms with Crippen molar-refractivity contribution >= 4 is 12.2 Å². The highest BCUT2D eigenvalue weighted by atomic mass is 16.6. The lowest BCUT2D eigenvalue weighted by Gasteiger charge is -2.35. The molecule has 1 heterocycles. The Balaban J connectivity index is 1.64. The summed E-state index contributed by atoms with van der Waals surface area (Å²) in [6, 6.07) is 20.1. The molecule has 1 aromatic heterocycles. The van der Waals surface area contributed by atoms with Gasteiger partial charge in [-0.1, -0.05) is 69.0 Å². The Kier molecular flexibility index (Phi) is 11.5. The molecule has 2 atom stereocenters. The van der Waals surface area contributed by atoms with Gasteiger partial charge in [0.2, 0.25) is 0 Å². The van der Waals surface area contributed by atoms with Gasteiger partial charge in [0.15, 0.2) is 0 Å². The Morgan fingerprint density at radius 2 is 1.78 bits per heavy atom. The second-order valence-corrected chi connectivity index (χ2v) is 13.1. The van der Waals surface area contributed by atoms with Crippen molar-refractivity contribution in [1.29, 1.82) is 0 Å². The van der Waals surface area contributed by atoms with Crippen LogP contribution in [0.5, 0.6) is 5.75 Å². The molecule has 2 aromatic carbocycles. The average molecular weight is 630 g/mol. The largest absolute Gasteiger partial charge is 0.490 e. The molecular weight excluding hydrogens is 582 g/mol. The van der Waals surface area contributed by atoms with E-state index >= 15 is 0 Å². The van der Waals surface area contributed by atoms with Crippen molar-refractivity contribution in [3.8, 4) is 5.75 Å². The Morgan fingerprint density at radius 1 is 1.07 bits per heavy atom. The molecule has 9 nitrogen and oxygen atoms in total. The molecule has 1 aliphatic carbocycles. The fourth-order valence-electron chi connectivity index (χ4n) is 5.29. The van der Waals surface area contributed by atoms with Gasteiger partial charge in [0.25, 0.3) is 0 Å². The minimum absolute atomic E-state index is 0.0822. The first-order chi connectivity index (χ1) is 21.9. The van der Waals surface area contributed by atoms with E-state index < -0.39 is 35.5 Å². The molecule has 1 fully saturated rings. The number of aliphatic hydroxyl groups is 1. The number of nitrogens with zero attached hydrogens (tertiary/aromatic N) is 2. The van der Waals surface area contributed by atoms with Crippen LogP contribution in [0.25, 0.3) is 0 Å². The molecule has 2 unspecified atom stereocenters. The second kappa shape index (κ2) is 15.3. The first-order valence-corrected chi connectivity index (χ1v) is 15.8. The van der Waals surface area contributed by atoms with Gasteiger partial charge in [-0.25, -0.2) is 9.59 Å². The van der Waals surface area contributed by atoms with Gasteiger partial charge < -0.3 is 24.6 Å². The molecule has 2 amide bonds. The molecule has 3 aromatic rings. The minimum atomic E-state index is -1.18. The molecule has 0 saturated heterocycles. The summed E-state index contributed by atoms with van der Waals surface area (Å²) in [6.07, 6.45) is 2.61. The molecular formula is C37H47N3O6. The third-order valence-corrected chi connectivity index (χ3v) is 7.85. The van der Waals surface area contributed by atoms with Crippen LogP contribution in [0.15, 0.2) is 85.6 Å². The van der Waals surface area contributed by atoms with Gasteiger partial charge >= 0.3 is 12.2 Å². The smallest absolute Gasteiger partial charge is 0.410 e. The van der Waals surface area contributed by atoms with E-state index in [-0.39, 0.29) is 25.5 Å². The number of amides is 2. The zero-order valence-electron chi connectivity index (χ0n) is 27.6. The van der Waals surface area contributed by atoms with E-state index in [1.54, 1.807) is 37.9 Å². The van der Waals surface area contributed by atoms with Gasteiger partial charge in [0.1, 0.15) is 24.6 Å². The number of nitrogens with one attached hydrogen (secondary N) is 1. The van der Waals surface area contributed by atoms with E-state index in [1.807, 2.05) is 66.7 Å². The molecule has 2 N–H and O–H groups in total. The fraction of sp³-hybridized carbons (Fsp3) is 0.432. The third kappa shape index (κ3) is 9.57. The molecule has 9 heteroatoms. The first kappa shape index (κ1) is 34.5. The maximum atomic E-state index is 13.9. The van der Waals surface area contributed by atoms with Crippen LogP contribution in [0, 0.1) is 0 Å². The molecule has 46 heavy (non-hydrogen) atoms. The van der Waals surface area contributed by atoms with E-state index in [4.69, 9.17) is 14.2 Å². The van der Waals surface area contributed by atoms with Gasteiger partial charge in [0, 0.05) is 6.20 Å². The number of aromatic nitrogens is 1. The quantitative estimate of drug-likeness (QED) is 0.187.